The summed E-state index contributed by atoms with van der Waals surface area (Å²) in [7, 11) is 0. The van der Waals surface area contributed by atoms with Crippen LogP contribution in [0.2, 0.25) is 0 Å². The van der Waals surface area contributed by atoms with Crippen LogP contribution in [0.4, 0.5) is 18.9 Å². The molecular weight excluding hydrogens is 409 g/mol. The van der Waals surface area contributed by atoms with Crippen molar-refractivity contribution in [2.75, 3.05) is 11.4 Å². The Balaban J connectivity index is 1.83. The summed E-state index contributed by atoms with van der Waals surface area (Å²) in [5.74, 6) is -1.07. The van der Waals surface area contributed by atoms with Crippen LogP contribution in [-0.2, 0) is 4.79 Å². The summed E-state index contributed by atoms with van der Waals surface area (Å²) >= 11 is 0. The van der Waals surface area contributed by atoms with E-state index in [9.17, 15) is 22.8 Å². The van der Waals surface area contributed by atoms with Crippen molar-refractivity contribution in [1.29, 1.82) is 0 Å². The molecule has 2 aliphatic heterocycles. The third-order valence-corrected chi connectivity index (χ3v) is 5.02. The molecular formula is C22H19F3N4O2. The number of benzene rings is 2. The Bertz CT molecular complexity index is 1120. The first-order valence-electron chi connectivity index (χ1n) is 9.68. The lowest BCUT2D eigenvalue weighted by Crippen LogP contribution is -2.43. The number of fused-ring (bicyclic) bond motifs is 3. The number of azo groups is 1. The maximum atomic E-state index is 13.3. The van der Waals surface area contributed by atoms with E-state index in [2.05, 4.69) is 15.5 Å². The minimum absolute atomic E-state index is 0.0816. The second-order valence-corrected chi connectivity index (χ2v) is 7.67. The van der Waals surface area contributed by atoms with Crippen LogP contribution in [-0.4, -0.2) is 30.6 Å². The number of amides is 2. The van der Waals surface area contributed by atoms with Gasteiger partial charge in [0, 0.05) is 17.2 Å². The number of nitrogens with one attached hydrogen (secondary N) is 1. The highest BCUT2D eigenvalue weighted by molar-refractivity contribution is 6.10. The van der Waals surface area contributed by atoms with Crippen LogP contribution in [0.15, 0.2) is 64.5 Å². The molecule has 31 heavy (non-hydrogen) atoms. The largest absolute Gasteiger partial charge is 0.406 e. The zero-order chi connectivity index (χ0) is 22.3. The Morgan fingerprint density at radius 3 is 2.65 bits per heavy atom. The summed E-state index contributed by atoms with van der Waals surface area (Å²) in [6, 6.07) is 10.9. The summed E-state index contributed by atoms with van der Waals surface area (Å²) in [5, 5.41) is 10.6. The highest BCUT2D eigenvalue weighted by Gasteiger charge is 2.43. The number of rotatable bonds is 4. The van der Waals surface area contributed by atoms with Crippen molar-refractivity contribution in [3.63, 3.8) is 0 Å². The van der Waals surface area contributed by atoms with E-state index in [1.54, 1.807) is 36.4 Å². The molecule has 1 atom stereocenters. The summed E-state index contributed by atoms with van der Waals surface area (Å²) in [6.45, 7) is 2.24. The summed E-state index contributed by atoms with van der Waals surface area (Å²) in [5.41, 5.74) is 2.15. The smallest absolute Gasteiger partial charge is 0.350 e. The number of carbonyl (C=O) groups is 2. The molecule has 6 nitrogen and oxygen atoms in total. The molecule has 0 radical (unpaired) electrons. The van der Waals surface area contributed by atoms with Gasteiger partial charge in [-0.3, -0.25) is 14.5 Å². The van der Waals surface area contributed by atoms with Crippen molar-refractivity contribution in [3.8, 4) is 11.1 Å². The highest BCUT2D eigenvalue weighted by Crippen LogP contribution is 2.45. The first-order chi connectivity index (χ1) is 14.7. The summed E-state index contributed by atoms with van der Waals surface area (Å²) in [6.07, 6.45) is -3.38. The first kappa shape index (κ1) is 20.8. The number of carbonyl (C=O) groups excluding carboxylic acids is 2. The third kappa shape index (κ3) is 3.95. The zero-order valence-electron chi connectivity index (χ0n) is 16.8. The van der Waals surface area contributed by atoms with Crippen LogP contribution < -0.4 is 10.2 Å². The van der Waals surface area contributed by atoms with Crippen LogP contribution in [0.5, 0.6) is 0 Å². The molecule has 0 spiro atoms. The average Bonchev–Trinajstić information content (AvgIpc) is 3.20. The number of hydrogen-bond acceptors (Lipinski definition) is 4. The fourth-order valence-electron chi connectivity index (χ4n) is 3.75. The van der Waals surface area contributed by atoms with Gasteiger partial charge in [0.1, 0.15) is 12.6 Å². The van der Waals surface area contributed by atoms with E-state index in [0.717, 1.165) is 0 Å². The minimum Gasteiger partial charge on any atom is -0.350 e. The molecule has 0 saturated heterocycles. The van der Waals surface area contributed by atoms with Gasteiger partial charge in [0.25, 0.3) is 11.8 Å². The minimum atomic E-state index is -4.59. The number of nitrogens with zero attached hydrogens (tertiary/aromatic N) is 3. The number of anilines is 1. The van der Waals surface area contributed by atoms with Crippen LogP contribution in [0.3, 0.4) is 0 Å². The van der Waals surface area contributed by atoms with E-state index in [1.165, 1.54) is 12.3 Å². The van der Waals surface area contributed by atoms with Gasteiger partial charge in [-0.05, 0) is 37.1 Å². The monoisotopic (exact) mass is 428 g/mol. The Labute approximate surface area is 176 Å². The molecule has 2 heterocycles. The van der Waals surface area contributed by atoms with Crippen molar-refractivity contribution < 1.29 is 22.8 Å². The van der Waals surface area contributed by atoms with Crippen molar-refractivity contribution in [2.45, 2.75) is 32.1 Å². The molecule has 2 aromatic carbocycles. The van der Waals surface area contributed by atoms with Crippen molar-refractivity contribution >= 4 is 17.5 Å². The second-order valence-electron chi connectivity index (χ2n) is 7.67. The molecule has 0 saturated carbocycles. The van der Waals surface area contributed by atoms with Crippen LogP contribution >= 0.6 is 0 Å². The lowest BCUT2D eigenvalue weighted by atomic mass is 9.89. The number of halogens is 3. The lowest BCUT2D eigenvalue weighted by Gasteiger charge is -2.33. The van der Waals surface area contributed by atoms with E-state index in [0.29, 0.717) is 27.2 Å². The van der Waals surface area contributed by atoms with Gasteiger partial charge in [0.15, 0.2) is 0 Å². The number of hydrogen-bond donors (Lipinski definition) is 1. The van der Waals surface area contributed by atoms with Gasteiger partial charge in [-0.1, -0.05) is 30.3 Å². The van der Waals surface area contributed by atoms with Crippen molar-refractivity contribution in [3.05, 3.63) is 65.4 Å². The van der Waals surface area contributed by atoms with Gasteiger partial charge < -0.3 is 5.32 Å². The van der Waals surface area contributed by atoms with Gasteiger partial charge in [0.05, 0.1) is 17.5 Å². The summed E-state index contributed by atoms with van der Waals surface area (Å²) < 4.78 is 39.8. The Morgan fingerprint density at radius 2 is 1.94 bits per heavy atom. The molecule has 0 aliphatic carbocycles. The predicted molar refractivity (Wildman–Crippen MR) is 109 cm³/mol. The fraction of sp³-hybridized carbons (Fsp3) is 0.273. The van der Waals surface area contributed by atoms with E-state index in [1.807, 2.05) is 13.8 Å². The van der Waals surface area contributed by atoms with E-state index in [-0.39, 0.29) is 23.2 Å². The quantitative estimate of drug-likeness (QED) is 0.760. The third-order valence-electron chi connectivity index (χ3n) is 5.02. The molecule has 4 rings (SSSR count). The molecule has 0 aromatic heterocycles. The van der Waals surface area contributed by atoms with Gasteiger partial charge in [-0.15, -0.1) is 0 Å². The van der Waals surface area contributed by atoms with Crippen LogP contribution in [0, 0.1) is 0 Å². The molecule has 1 N–H and O–H groups in total. The van der Waals surface area contributed by atoms with Crippen LogP contribution in [0.25, 0.3) is 11.1 Å². The maximum absolute atomic E-state index is 13.3. The molecule has 9 heteroatoms. The molecule has 2 aromatic rings. The first-order valence-corrected chi connectivity index (χ1v) is 9.68. The van der Waals surface area contributed by atoms with E-state index in [4.69, 9.17) is 0 Å². The zero-order valence-corrected chi connectivity index (χ0v) is 16.8. The molecule has 0 bridgehead atoms. The van der Waals surface area contributed by atoms with Crippen LogP contribution in [0.1, 0.15) is 35.8 Å². The molecule has 1 unspecified atom stereocenters. The molecule has 160 valence electrons. The highest BCUT2D eigenvalue weighted by atomic mass is 19.4. The van der Waals surface area contributed by atoms with Gasteiger partial charge >= 0.3 is 6.18 Å². The van der Waals surface area contributed by atoms with E-state index >= 15 is 0 Å². The fourth-order valence-corrected chi connectivity index (χ4v) is 3.75. The maximum Gasteiger partial charge on any atom is 0.406 e. The van der Waals surface area contributed by atoms with Crippen molar-refractivity contribution in [2.24, 2.45) is 10.2 Å². The Kier molecular flexibility index (Phi) is 5.12. The molecule has 2 amide bonds. The van der Waals surface area contributed by atoms with Crippen molar-refractivity contribution in [1.82, 2.24) is 5.32 Å². The van der Waals surface area contributed by atoms with Gasteiger partial charge in [-0.25, -0.2) is 0 Å². The Hall–Kier alpha value is -3.49. The Morgan fingerprint density at radius 1 is 1.19 bits per heavy atom. The summed E-state index contributed by atoms with van der Waals surface area (Å²) in [4.78, 5) is 26.1. The van der Waals surface area contributed by atoms with E-state index < -0.39 is 24.7 Å². The molecule has 0 fully saturated rings. The topological polar surface area (TPSA) is 74.1 Å². The predicted octanol–water partition coefficient (Wildman–Crippen LogP) is 4.79. The number of alkyl halides is 3. The second kappa shape index (κ2) is 7.64. The normalized spacial score (nSPS) is 17.5. The van der Waals surface area contributed by atoms with Gasteiger partial charge in [-0.2, -0.15) is 23.4 Å². The average molecular weight is 428 g/mol. The SMILES string of the molecule is CC(C)NC(=O)c1ccccc1-c1ccc2c(c1)N(CC(F)(F)F)C(=O)C1=CN=NC12. The lowest BCUT2D eigenvalue weighted by molar-refractivity contribution is -0.130. The van der Waals surface area contributed by atoms with Gasteiger partial charge in [0.2, 0.25) is 0 Å². The molecule has 2 aliphatic rings. The standard InChI is InChI=1S/C22H19F3N4O2/c1-12(2)27-20(30)15-6-4-3-5-14(15)13-7-8-16-18(9-13)29(11-22(23,24)25)21(31)17-10-26-28-19(16)17/h3-10,12,19H,11H2,1-2H3,(H,27,30).